The fourth-order valence-electron chi connectivity index (χ4n) is 1.91. The number of carbonyl (C=O) groups excluding carboxylic acids is 1. The molecular weight excluding hydrogens is 321 g/mol. The van der Waals surface area contributed by atoms with E-state index in [-0.39, 0.29) is 28.8 Å². The molecular formula is C16H13ClFN3O2. The van der Waals surface area contributed by atoms with Gasteiger partial charge >= 0.3 is 0 Å². The zero-order valence-electron chi connectivity index (χ0n) is 11.9. The predicted octanol–water partition coefficient (Wildman–Crippen LogP) is 2.90. The first-order chi connectivity index (χ1) is 11.0. The number of amides is 1. The molecule has 0 radical (unpaired) electrons. The highest BCUT2D eigenvalue weighted by Crippen LogP contribution is 2.23. The maximum absolute atomic E-state index is 13.4. The third-order valence-corrected chi connectivity index (χ3v) is 3.36. The van der Waals surface area contributed by atoms with Crippen LogP contribution in [-0.4, -0.2) is 24.1 Å². The molecule has 7 heteroatoms. The summed E-state index contributed by atoms with van der Waals surface area (Å²) in [7, 11) is 0. The Balaban J connectivity index is 1.88. The second kappa shape index (κ2) is 7.47. The highest BCUT2D eigenvalue weighted by atomic mass is 35.5. The Kier molecular flexibility index (Phi) is 5.39. The van der Waals surface area contributed by atoms with E-state index < -0.39 is 5.82 Å². The smallest absolute Gasteiger partial charge is 0.251 e. The van der Waals surface area contributed by atoms with Crippen molar-refractivity contribution in [3.63, 3.8) is 0 Å². The molecule has 0 saturated heterocycles. The Morgan fingerprint density at radius 3 is 2.78 bits per heavy atom. The Bertz CT molecular complexity index is 774. The second-order valence-electron chi connectivity index (χ2n) is 4.62. The van der Waals surface area contributed by atoms with Gasteiger partial charge in [-0.1, -0.05) is 17.7 Å². The molecule has 2 aromatic rings. The third kappa shape index (κ3) is 4.11. The van der Waals surface area contributed by atoms with Gasteiger partial charge in [-0.05, 0) is 30.3 Å². The number of nitrogens with one attached hydrogen (secondary N) is 2. The summed E-state index contributed by atoms with van der Waals surface area (Å²) in [4.78, 5) is 11.9. The van der Waals surface area contributed by atoms with Crippen molar-refractivity contribution in [2.75, 3.05) is 18.4 Å². The summed E-state index contributed by atoms with van der Waals surface area (Å²) in [5.41, 5.74) is 0.620. The van der Waals surface area contributed by atoms with Crippen LogP contribution in [0.15, 0.2) is 36.4 Å². The first kappa shape index (κ1) is 16.6. The van der Waals surface area contributed by atoms with E-state index in [2.05, 4.69) is 10.6 Å². The van der Waals surface area contributed by atoms with E-state index >= 15 is 0 Å². The van der Waals surface area contributed by atoms with Crippen LogP contribution in [0.5, 0.6) is 5.75 Å². The van der Waals surface area contributed by atoms with Gasteiger partial charge in [0.05, 0.1) is 10.7 Å². The molecule has 0 aliphatic rings. The largest absolute Gasteiger partial charge is 0.506 e. The summed E-state index contributed by atoms with van der Waals surface area (Å²) in [6.07, 6.45) is 0. The second-order valence-corrected chi connectivity index (χ2v) is 5.03. The number of rotatable bonds is 5. The first-order valence-electron chi connectivity index (χ1n) is 6.72. The Hall–Kier alpha value is -2.78. The standard InChI is InChI=1S/C16H13ClFN3O2/c17-12-8-10(4-5-15(12)22)16(23)21-7-6-20-14-3-1-2-13(18)11(14)9-19/h1-5,8,20,22H,6-7H2,(H,21,23). The maximum atomic E-state index is 13.4. The lowest BCUT2D eigenvalue weighted by molar-refractivity contribution is 0.0955. The van der Waals surface area contributed by atoms with E-state index in [0.29, 0.717) is 17.8 Å². The van der Waals surface area contributed by atoms with Crippen LogP contribution in [0, 0.1) is 17.1 Å². The van der Waals surface area contributed by atoms with Crippen LogP contribution in [0.2, 0.25) is 5.02 Å². The Morgan fingerprint density at radius 1 is 1.30 bits per heavy atom. The fourth-order valence-corrected chi connectivity index (χ4v) is 2.09. The van der Waals surface area contributed by atoms with Crippen LogP contribution in [0.25, 0.3) is 0 Å². The van der Waals surface area contributed by atoms with Crippen LogP contribution >= 0.6 is 11.6 Å². The molecule has 1 amide bonds. The van der Waals surface area contributed by atoms with Gasteiger partial charge in [-0.25, -0.2) is 4.39 Å². The molecule has 0 atom stereocenters. The molecule has 0 spiro atoms. The molecule has 0 saturated carbocycles. The van der Waals surface area contributed by atoms with Gasteiger partial charge in [0.1, 0.15) is 23.2 Å². The number of anilines is 1. The summed E-state index contributed by atoms with van der Waals surface area (Å²) >= 11 is 5.74. The Labute approximate surface area is 137 Å². The van der Waals surface area contributed by atoms with E-state index in [1.807, 2.05) is 0 Å². The zero-order chi connectivity index (χ0) is 16.8. The molecule has 118 valence electrons. The minimum Gasteiger partial charge on any atom is -0.506 e. The number of nitriles is 1. The number of carbonyl (C=O) groups is 1. The number of hydrogen-bond acceptors (Lipinski definition) is 4. The maximum Gasteiger partial charge on any atom is 0.251 e. The normalized spacial score (nSPS) is 9.96. The van der Waals surface area contributed by atoms with Gasteiger partial charge in [0.25, 0.3) is 5.91 Å². The molecule has 3 N–H and O–H groups in total. The fraction of sp³-hybridized carbons (Fsp3) is 0.125. The lowest BCUT2D eigenvalue weighted by Gasteiger charge is -2.10. The summed E-state index contributed by atoms with van der Waals surface area (Å²) in [5.74, 6) is -1.05. The van der Waals surface area contributed by atoms with Crippen molar-refractivity contribution in [2.24, 2.45) is 0 Å². The monoisotopic (exact) mass is 333 g/mol. The SMILES string of the molecule is N#Cc1c(F)cccc1NCCNC(=O)c1ccc(O)c(Cl)c1. The molecule has 5 nitrogen and oxygen atoms in total. The average Bonchev–Trinajstić information content (AvgIpc) is 2.54. The van der Waals surface area contributed by atoms with Crippen LogP contribution in [0.4, 0.5) is 10.1 Å². The van der Waals surface area contributed by atoms with Crippen LogP contribution in [0.1, 0.15) is 15.9 Å². The quantitative estimate of drug-likeness (QED) is 0.734. The molecule has 0 aromatic heterocycles. The third-order valence-electron chi connectivity index (χ3n) is 3.06. The van der Waals surface area contributed by atoms with Gasteiger partial charge in [0.2, 0.25) is 0 Å². The van der Waals surface area contributed by atoms with Gasteiger partial charge in [0.15, 0.2) is 0 Å². The molecule has 0 heterocycles. The first-order valence-corrected chi connectivity index (χ1v) is 7.10. The van der Waals surface area contributed by atoms with E-state index in [4.69, 9.17) is 16.9 Å². The number of hydrogen-bond donors (Lipinski definition) is 3. The summed E-state index contributed by atoms with van der Waals surface area (Å²) < 4.78 is 13.4. The number of halogens is 2. The number of phenols is 1. The minimum absolute atomic E-state index is 0.0656. The molecule has 0 fully saturated rings. The highest BCUT2D eigenvalue weighted by Gasteiger charge is 2.09. The van der Waals surface area contributed by atoms with Crippen molar-refractivity contribution in [1.29, 1.82) is 5.26 Å². The lowest BCUT2D eigenvalue weighted by Crippen LogP contribution is -2.28. The zero-order valence-corrected chi connectivity index (χ0v) is 12.7. The Morgan fingerprint density at radius 2 is 2.09 bits per heavy atom. The van der Waals surface area contributed by atoms with Gasteiger partial charge < -0.3 is 15.7 Å². The number of benzene rings is 2. The van der Waals surface area contributed by atoms with Crippen LogP contribution < -0.4 is 10.6 Å². The molecule has 0 aliphatic heterocycles. The number of phenolic OH excluding ortho intramolecular Hbond substituents is 1. The summed E-state index contributed by atoms with van der Waals surface area (Å²) in [5, 5.41) is 23.8. The average molecular weight is 334 g/mol. The molecule has 23 heavy (non-hydrogen) atoms. The van der Waals surface area contributed by atoms with E-state index in [0.717, 1.165) is 0 Å². The van der Waals surface area contributed by atoms with Gasteiger partial charge in [-0.3, -0.25) is 4.79 Å². The molecule has 0 unspecified atom stereocenters. The molecule has 2 aromatic carbocycles. The lowest BCUT2D eigenvalue weighted by atomic mass is 10.2. The topological polar surface area (TPSA) is 85.2 Å². The van der Waals surface area contributed by atoms with Crippen molar-refractivity contribution >= 4 is 23.2 Å². The number of nitrogens with zero attached hydrogens (tertiary/aromatic N) is 1. The summed E-state index contributed by atoms with van der Waals surface area (Å²) in [6.45, 7) is 0.578. The van der Waals surface area contributed by atoms with Crippen molar-refractivity contribution in [2.45, 2.75) is 0 Å². The predicted molar refractivity (Wildman–Crippen MR) is 85.1 cm³/mol. The molecule has 0 bridgehead atoms. The van der Waals surface area contributed by atoms with Gasteiger partial charge in [0, 0.05) is 18.7 Å². The van der Waals surface area contributed by atoms with Gasteiger partial charge in [-0.15, -0.1) is 0 Å². The van der Waals surface area contributed by atoms with Crippen LogP contribution in [0.3, 0.4) is 0 Å². The van der Waals surface area contributed by atoms with Crippen molar-refractivity contribution in [3.8, 4) is 11.8 Å². The number of aromatic hydroxyl groups is 1. The van der Waals surface area contributed by atoms with E-state index in [1.54, 1.807) is 12.1 Å². The van der Waals surface area contributed by atoms with Crippen molar-refractivity contribution in [1.82, 2.24) is 5.32 Å². The van der Waals surface area contributed by atoms with E-state index in [9.17, 15) is 14.3 Å². The summed E-state index contributed by atoms with van der Waals surface area (Å²) in [6, 6.07) is 10.2. The molecule has 2 rings (SSSR count). The minimum atomic E-state index is -0.597. The van der Waals surface area contributed by atoms with Crippen molar-refractivity contribution in [3.05, 3.63) is 58.4 Å². The highest BCUT2D eigenvalue weighted by molar-refractivity contribution is 6.32. The van der Waals surface area contributed by atoms with Crippen LogP contribution in [-0.2, 0) is 0 Å². The molecule has 0 aliphatic carbocycles. The van der Waals surface area contributed by atoms with Crippen molar-refractivity contribution < 1.29 is 14.3 Å². The van der Waals surface area contributed by atoms with E-state index in [1.165, 1.54) is 30.3 Å². The van der Waals surface area contributed by atoms with Gasteiger partial charge in [-0.2, -0.15) is 5.26 Å².